The Kier molecular flexibility index (Phi) is 5.55. The quantitative estimate of drug-likeness (QED) is 0.664. The van der Waals surface area contributed by atoms with Gasteiger partial charge < -0.3 is 20.7 Å². The van der Waals surface area contributed by atoms with Crippen molar-refractivity contribution in [3.8, 4) is 17.0 Å². The van der Waals surface area contributed by atoms with E-state index in [0.717, 1.165) is 11.1 Å². The molecule has 3 aromatic rings. The van der Waals surface area contributed by atoms with Gasteiger partial charge in [0, 0.05) is 16.7 Å². The zero-order valence-electron chi connectivity index (χ0n) is 13.9. The first-order chi connectivity index (χ1) is 12.5. The molecule has 1 amide bonds. The minimum Gasteiger partial charge on any atom is -0.486 e. The van der Waals surface area contributed by atoms with Gasteiger partial charge in [0.25, 0.3) is 0 Å². The van der Waals surface area contributed by atoms with Crippen molar-refractivity contribution in [3.05, 3.63) is 70.9 Å². The molecule has 1 atom stereocenters. The van der Waals surface area contributed by atoms with Crippen LogP contribution in [0, 0.1) is 0 Å². The van der Waals surface area contributed by atoms with Gasteiger partial charge in [0.1, 0.15) is 18.1 Å². The second-order valence-electron chi connectivity index (χ2n) is 5.83. The number of benzene rings is 2. The number of nitrogens with zero attached hydrogens (tertiary/aromatic N) is 1. The van der Waals surface area contributed by atoms with E-state index in [-0.39, 0.29) is 6.61 Å². The average molecular weight is 372 g/mol. The summed E-state index contributed by atoms with van der Waals surface area (Å²) in [7, 11) is 0. The SMILES string of the molecule is NC(=O)C(N)Cc1ccc(OCc2cc(-c3cccc(Cl)c3)no2)cc1. The largest absolute Gasteiger partial charge is 0.486 e. The molecule has 0 radical (unpaired) electrons. The minimum absolute atomic E-state index is 0.244. The molecule has 0 fully saturated rings. The lowest BCUT2D eigenvalue weighted by molar-refractivity contribution is -0.119. The third-order valence-corrected chi connectivity index (χ3v) is 4.04. The maximum absolute atomic E-state index is 11.0. The van der Waals surface area contributed by atoms with Crippen molar-refractivity contribution >= 4 is 17.5 Å². The topological polar surface area (TPSA) is 104 Å². The van der Waals surface area contributed by atoms with E-state index in [0.29, 0.717) is 28.6 Å². The highest BCUT2D eigenvalue weighted by molar-refractivity contribution is 6.30. The van der Waals surface area contributed by atoms with Gasteiger partial charge in [-0.15, -0.1) is 0 Å². The van der Waals surface area contributed by atoms with Gasteiger partial charge in [0.15, 0.2) is 5.76 Å². The lowest BCUT2D eigenvalue weighted by Crippen LogP contribution is -2.38. The summed E-state index contributed by atoms with van der Waals surface area (Å²) in [5.74, 6) is 0.744. The monoisotopic (exact) mass is 371 g/mol. The molecule has 7 heteroatoms. The van der Waals surface area contributed by atoms with Crippen LogP contribution in [0.3, 0.4) is 0 Å². The summed E-state index contributed by atoms with van der Waals surface area (Å²) in [6.07, 6.45) is 0.390. The molecule has 134 valence electrons. The van der Waals surface area contributed by atoms with Crippen molar-refractivity contribution in [2.75, 3.05) is 0 Å². The number of primary amides is 1. The lowest BCUT2D eigenvalue weighted by Gasteiger charge is -2.08. The maximum atomic E-state index is 11.0. The Labute approximate surface area is 155 Å². The number of hydrogen-bond acceptors (Lipinski definition) is 5. The molecule has 2 aromatic carbocycles. The van der Waals surface area contributed by atoms with Crippen LogP contribution >= 0.6 is 11.6 Å². The number of halogens is 1. The molecule has 0 saturated heterocycles. The second-order valence-corrected chi connectivity index (χ2v) is 6.27. The van der Waals surface area contributed by atoms with E-state index in [2.05, 4.69) is 5.16 Å². The summed E-state index contributed by atoms with van der Waals surface area (Å²) >= 11 is 5.99. The van der Waals surface area contributed by atoms with Crippen molar-refractivity contribution in [1.82, 2.24) is 5.16 Å². The molecule has 0 aliphatic rings. The summed E-state index contributed by atoms with van der Waals surface area (Å²) < 4.78 is 11.0. The first kappa shape index (κ1) is 18.0. The van der Waals surface area contributed by atoms with Crippen LogP contribution in [0.5, 0.6) is 5.75 Å². The molecule has 6 nitrogen and oxygen atoms in total. The number of hydrogen-bond donors (Lipinski definition) is 2. The van der Waals surface area contributed by atoms with E-state index in [9.17, 15) is 4.79 Å². The first-order valence-corrected chi connectivity index (χ1v) is 8.37. The molecular formula is C19H18ClN3O3. The van der Waals surface area contributed by atoms with E-state index >= 15 is 0 Å². The van der Waals surface area contributed by atoms with Crippen molar-refractivity contribution in [2.24, 2.45) is 11.5 Å². The van der Waals surface area contributed by atoms with Crippen molar-refractivity contribution in [3.63, 3.8) is 0 Å². The number of amides is 1. The number of aromatic nitrogens is 1. The smallest absolute Gasteiger partial charge is 0.234 e. The van der Waals surface area contributed by atoms with Crippen LogP contribution in [-0.4, -0.2) is 17.1 Å². The molecule has 1 aromatic heterocycles. The highest BCUT2D eigenvalue weighted by atomic mass is 35.5. The van der Waals surface area contributed by atoms with Crippen LogP contribution in [0.2, 0.25) is 5.02 Å². The van der Waals surface area contributed by atoms with Gasteiger partial charge in [-0.05, 0) is 36.2 Å². The minimum atomic E-state index is -0.694. The summed E-state index contributed by atoms with van der Waals surface area (Å²) in [4.78, 5) is 11.0. The molecule has 0 saturated carbocycles. The fourth-order valence-electron chi connectivity index (χ4n) is 2.40. The van der Waals surface area contributed by atoms with Crippen molar-refractivity contribution in [1.29, 1.82) is 0 Å². The lowest BCUT2D eigenvalue weighted by atomic mass is 10.1. The molecule has 0 aliphatic heterocycles. The third kappa shape index (κ3) is 4.62. The van der Waals surface area contributed by atoms with Crippen LogP contribution in [-0.2, 0) is 17.8 Å². The van der Waals surface area contributed by atoms with Crippen molar-refractivity contribution in [2.45, 2.75) is 19.1 Å². The molecule has 0 bridgehead atoms. The van der Waals surface area contributed by atoms with Crippen LogP contribution < -0.4 is 16.2 Å². The number of rotatable bonds is 7. The summed E-state index contributed by atoms with van der Waals surface area (Å²) in [5, 5.41) is 4.67. The highest BCUT2D eigenvalue weighted by Gasteiger charge is 2.10. The fourth-order valence-corrected chi connectivity index (χ4v) is 2.59. The molecule has 26 heavy (non-hydrogen) atoms. The summed E-state index contributed by atoms with van der Waals surface area (Å²) in [5.41, 5.74) is 13.3. The third-order valence-electron chi connectivity index (χ3n) is 3.80. The highest BCUT2D eigenvalue weighted by Crippen LogP contribution is 2.23. The second kappa shape index (κ2) is 8.03. The zero-order valence-corrected chi connectivity index (χ0v) is 14.6. The van der Waals surface area contributed by atoms with Gasteiger partial charge >= 0.3 is 0 Å². The molecule has 1 unspecified atom stereocenters. The summed E-state index contributed by atoms with van der Waals surface area (Å²) in [6.45, 7) is 0.244. The van der Waals surface area contributed by atoms with Crippen LogP contribution in [0.25, 0.3) is 11.3 Å². The van der Waals surface area contributed by atoms with E-state index in [4.69, 9.17) is 32.3 Å². The number of carbonyl (C=O) groups excluding carboxylic acids is 1. The number of carbonyl (C=O) groups is 1. The van der Waals surface area contributed by atoms with Crippen LogP contribution in [0.4, 0.5) is 0 Å². The summed E-state index contributed by atoms with van der Waals surface area (Å²) in [6, 6.07) is 15.8. The van der Waals surface area contributed by atoms with Gasteiger partial charge in [0.05, 0.1) is 6.04 Å². The molecule has 1 heterocycles. The molecule has 0 aliphatic carbocycles. The fraction of sp³-hybridized carbons (Fsp3) is 0.158. The maximum Gasteiger partial charge on any atom is 0.234 e. The Morgan fingerprint density at radius 3 is 2.65 bits per heavy atom. The average Bonchev–Trinajstić information content (AvgIpc) is 3.10. The van der Waals surface area contributed by atoms with E-state index in [1.54, 1.807) is 18.2 Å². The molecule has 3 rings (SSSR count). The predicted molar refractivity (Wildman–Crippen MR) is 98.6 cm³/mol. The Balaban J connectivity index is 1.58. The van der Waals surface area contributed by atoms with E-state index < -0.39 is 11.9 Å². The Bertz CT molecular complexity index is 893. The van der Waals surface area contributed by atoms with Crippen LogP contribution in [0.1, 0.15) is 11.3 Å². The first-order valence-electron chi connectivity index (χ1n) is 7.99. The van der Waals surface area contributed by atoms with Gasteiger partial charge in [0.2, 0.25) is 5.91 Å². The zero-order chi connectivity index (χ0) is 18.5. The molecule has 4 N–H and O–H groups in total. The Morgan fingerprint density at radius 1 is 1.19 bits per heavy atom. The number of nitrogens with two attached hydrogens (primary N) is 2. The van der Waals surface area contributed by atoms with E-state index in [1.165, 1.54) is 0 Å². The Hall–Kier alpha value is -2.83. The predicted octanol–water partition coefficient (Wildman–Crippen LogP) is 2.93. The normalized spacial score (nSPS) is 11.9. The van der Waals surface area contributed by atoms with Gasteiger partial charge in [-0.2, -0.15) is 0 Å². The van der Waals surface area contributed by atoms with Crippen LogP contribution in [0.15, 0.2) is 59.1 Å². The molecule has 0 spiro atoms. The van der Waals surface area contributed by atoms with Gasteiger partial charge in [-0.25, -0.2) is 0 Å². The number of ether oxygens (including phenoxy) is 1. The van der Waals surface area contributed by atoms with Crippen molar-refractivity contribution < 1.29 is 14.1 Å². The Morgan fingerprint density at radius 2 is 1.96 bits per heavy atom. The van der Waals surface area contributed by atoms with Gasteiger partial charge in [-0.3, -0.25) is 4.79 Å². The van der Waals surface area contributed by atoms with E-state index in [1.807, 2.05) is 36.4 Å². The van der Waals surface area contributed by atoms with Gasteiger partial charge in [-0.1, -0.05) is 41.0 Å². The standard InChI is InChI=1S/C19H18ClN3O3/c20-14-3-1-2-13(9-14)18-10-16(26-23-18)11-25-15-6-4-12(5-7-15)8-17(21)19(22)24/h1-7,9-10,17H,8,11,21H2,(H2,22,24). The molecular weight excluding hydrogens is 354 g/mol.